The highest BCUT2D eigenvalue weighted by Crippen LogP contribution is 2.36. The van der Waals surface area contributed by atoms with Crippen molar-refractivity contribution in [2.24, 2.45) is 7.05 Å². The van der Waals surface area contributed by atoms with E-state index in [1.165, 1.54) is 15.9 Å². The molecular weight excluding hydrogens is 458 g/mol. The van der Waals surface area contributed by atoms with E-state index >= 15 is 0 Å². The third kappa shape index (κ3) is 4.84. The van der Waals surface area contributed by atoms with E-state index in [1.807, 2.05) is 41.8 Å². The lowest BCUT2D eigenvalue weighted by atomic mass is 10.0. The van der Waals surface area contributed by atoms with Gasteiger partial charge in [0.05, 0.1) is 23.3 Å². The first-order chi connectivity index (χ1) is 16.0. The van der Waals surface area contributed by atoms with Crippen LogP contribution in [0.25, 0.3) is 22.0 Å². The summed E-state index contributed by atoms with van der Waals surface area (Å²) in [5, 5.41) is 6.05. The molecule has 0 aliphatic rings. The fourth-order valence-electron chi connectivity index (χ4n) is 3.31. The molecular formula is C24H21N3O4S2. The van der Waals surface area contributed by atoms with Gasteiger partial charge in [-0.05, 0) is 24.6 Å². The number of carbonyl (C=O) groups excluding carboxylic acids is 2. The van der Waals surface area contributed by atoms with Crippen molar-refractivity contribution in [1.29, 1.82) is 0 Å². The second kappa shape index (κ2) is 10.0. The third-order valence-corrected chi connectivity index (χ3v) is 6.81. The molecule has 9 heteroatoms. The Balaban J connectivity index is 1.55. The summed E-state index contributed by atoms with van der Waals surface area (Å²) in [6.07, 6.45) is 0. The molecule has 1 N–H and O–H groups in total. The maximum absolute atomic E-state index is 12.7. The fraction of sp³-hybridized carbons (Fsp3) is 0.167. The molecule has 0 bridgehead atoms. The largest absolute Gasteiger partial charge is 0.462 e. The Morgan fingerprint density at radius 1 is 1.12 bits per heavy atom. The number of para-hydroxylation sites is 1. The number of ether oxygens (including phenoxy) is 1. The molecule has 0 unspecified atom stereocenters. The number of benzene rings is 2. The highest BCUT2D eigenvalue weighted by Gasteiger charge is 2.23. The van der Waals surface area contributed by atoms with Crippen LogP contribution in [-0.2, 0) is 16.6 Å². The minimum Gasteiger partial charge on any atom is -0.462 e. The lowest BCUT2D eigenvalue weighted by molar-refractivity contribution is -0.113. The summed E-state index contributed by atoms with van der Waals surface area (Å²) in [6.45, 7) is 1.97. The standard InChI is InChI=1S/C24H21N3O4S2/c1-3-31-23(30)20-17(15-9-5-4-6-10-15)13-32-21(20)26-19(28)14-33-24-25-18-12-8-7-11-16(18)22(29)27(24)2/h4-13H,3,14H2,1-2H3,(H,26,28). The average molecular weight is 480 g/mol. The zero-order valence-corrected chi connectivity index (χ0v) is 19.7. The third-order valence-electron chi connectivity index (χ3n) is 4.88. The van der Waals surface area contributed by atoms with Crippen molar-refractivity contribution >= 4 is 50.9 Å². The lowest BCUT2D eigenvalue weighted by Gasteiger charge is -2.10. The fourth-order valence-corrected chi connectivity index (χ4v) is 5.05. The number of thiophene rings is 1. The minimum atomic E-state index is -0.487. The molecule has 2 aromatic carbocycles. The van der Waals surface area contributed by atoms with Crippen molar-refractivity contribution in [3.63, 3.8) is 0 Å². The van der Waals surface area contributed by atoms with Crippen LogP contribution in [0.5, 0.6) is 0 Å². The molecule has 0 saturated carbocycles. The van der Waals surface area contributed by atoms with E-state index in [9.17, 15) is 14.4 Å². The number of hydrogen-bond acceptors (Lipinski definition) is 7. The van der Waals surface area contributed by atoms with Crippen molar-refractivity contribution in [2.75, 3.05) is 17.7 Å². The Labute approximate surface area is 198 Å². The number of thioether (sulfide) groups is 1. The molecule has 2 heterocycles. The summed E-state index contributed by atoms with van der Waals surface area (Å²) in [5.41, 5.74) is 2.32. The normalized spacial score (nSPS) is 10.8. The van der Waals surface area contributed by atoms with Gasteiger partial charge >= 0.3 is 5.97 Å². The Morgan fingerprint density at radius 3 is 2.61 bits per heavy atom. The molecule has 0 aliphatic carbocycles. The zero-order chi connectivity index (χ0) is 23.4. The van der Waals surface area contributed by atoms with Gasteiger partial charge in [0.2, 0.25) is 5.91 Å². The Kier molecular flexibility index (Phi) is 6.90. The lowest BCUT2D eigenvalue weighted by Crippen LogP contribution is -2.21. The zero-order valence-electron chi connectivity index (χ0n) is 18.0. The number of fused-ring (bicyclic) bond motifs is 1. The number of nitrogens with zero attached hydrogens (tertiary/aromatic N) is 2. The van der Waals surface area contributed by atoms with Crippen molar-refractivity contribution in [3.05, 3.63) is 75.9 Å². The smallest absolute Gasteiger partial charge is 0.341 e. The molecule has 1 amide bonds. The van der Waals surface area contributed by atoms with Crippen LogP contribution in [-0.4, -0.2) is 33.8 Å². The molecule has 0 radical (unpaired) electrons. The number of carbonyl (C=O) groups is 2. The van der Waals surface area contributed by atoms with Gasteiger partial charge in [-0.1, -0.05) is 54.2 Å². The Hall–Kier alpha value is -3.43. The van der Waals surface area contributed by atoms with Gasteiger partial charge < -0.3 is 10.1 Å². The van der Waals surface area contributed by atoms with E-state index in [2.05, 4.69) is 10.3 Å². The molecule has 4 rings (SSSR count). The molecule has 0 saturated heterocycles. The van der Waals surface area contributed by atoms with Crippen LogP contribution < -0.4 is 10.9 Å². The summed E-state index contributed by atoms with van der Waals surface area (Å²) in [6, 6.07) is 16.6. The highest BCUT2D eigenvalue weighted by molar-refractivity contribution is 7.99. The Morgan fingerprint density at radius 2 is 1.85 bits per heavy atom. The van der Waals surface area contributed by atoms with Crippen LogP contribution in [0.3, 0.4) is 0 Å². The van der Waals surface area contributed by atoms with Gasteiger partial charge in [0.25, 0.3) is 5.56 Å². The summed E-state index contributed by atoms with van der Waals surface area (Å²) >= 11 is 2.43. The number of rotatable bonds is 7. The van der Waals surface area contributed by atoms with Gasteiger partial charge in [0.15, 0.2) is 5.16 Å². The first-order valence-corrected chi connectivity index (χ1v) is 12.1. The minimum absolute atomic E-state index is 0.0272. The van der Waals surface area contributed by atoms with Crippen LogP contribution >= 0.6 is 23.1 Å². The van der Waals surface area contributed by atoms with E-state index in [0.29, 0.717) is 32.2 Å². The van der Waals surface area contributed by atoms with Crippen LogP contribution in [0.4, 0.5) is 5.00 Å². The number of amides is 1. The first kappa shape index (κ1) is 22.8. The summed E-state index contributed by atoms with van der Waals surface area (Å²) in [5.74, 6) is -0.770. The van der Waals surface area contributed by atoms with Gasteiger partial charge in [-0.2, -0.15) is 0 Å². The molecule has 4 aromatic rings. The van der Waals surface area contributed by atoms with E-state index in [1.54, 1.807) is 32.2 Å². The van der Waals surface area contributed by atoms with E-state index < -0.39 is 5.97 Å². The number of esters is 1. The van der Waals surface area contributed by atoms with Gasteiger partial charge in [-0.15, -0.1) is 11.3 Å². The van der Waals surface area contributed by atoms with Gasteiger partial charge in [-0.25, -0.2) is 9.78 Å². The Bertz CT molecular complexity index is 1380. The molecule has 0 atom stereocenters. The average Bonchev–Trinajstić information content (AvgIpc) is 3.24. The number of nitrogens with one attached hydrogen (secondary N) is 1. The van der Waals surface area contributed by atoms with Crippen molar-refractivity contribution < 1.29 is 14.3 Å². The van der Waals surface area contributed by atoms with E-state index in [4.69, 9.17) is 4.74 Å². The van der Waals surface area contributed by atoms with Crippen molar-refractivity contribution in [3.8, 4) is 11.1 Å². The van der Waals surface area contributed by atoms with Crippen molar-refractivity contribution in [2.45, 2.75) is 12.1 Å². The summed E-state index contributed by atoms with van der Waals surface area (Å²) in [7, 11) is 1.63. The molecule has 0 spiro atoms. The quantitative estimate of drug-likeness (QED) is 0.237. The second-order valence-electron chi connectivity index (χ2n) is 7.05. The van der Waals surface area contributed by atoms with E-state index in [-0.39, 0.29) is 23.8 Å². The molecule has 2 aromatic heterocycles. The van der Waals surface area contributed by atoms with Crippen LogP contribution in [0, 0.1) is 0 Å². The predicted molar refractivity (Wildman–Crippen MR) is 132 cm³/mol. The number of anilines is 1. The van der Waals surface area contributed by atoms with Crippen LogP contribution in [0.1, 0.15) is 17.3 Å². The summed E-state index contributed by atoms with van der Waals surface area (Å²) < 4.78 is 6.67. The van der Waals surface area contributed by atoms with Gasteiger partial charge in [0, 0.05) is 18.0 Å². The maximum Gasteiger partial charge on any atom is 0.341 e. The SMILES string of the molecule is CCOC(=O)c1c(-c2ccccc2)csc1NC(=O)CSc1nc2ccccc2c(=O)n1C. The second-order valence-corrected chi connectivity index (χ2v) is 8.87. The molecule has 0 fully saturated rings. The highest BCUT2D eigenvalue weighted by atomic mass is 32.2. The van der Waals surface area contributed by atoms with Gasteiger partial charge in [0.1, 0.15) is 10.6 Å². The summed E-state index contributed by atoms with van der Waals surface area (Å²) in [4.78, 5) is 42.5. The molecule has 0 aliphatic heterocycles. The maximum atomic E-state index is 12.7. The van der Waals surface area contributed by atoms with E-state index in [0.717, 1.165) is 17.3 Å². The monoisotopic (exact) mass is 479 g/mol. The molecule has 7 nitrogen and oxygen atoms in total. The number of hydrogen-bond donors (Lipinski definition) is 1. The topological polar surface area (TPSA) is 90.3 Å². The predicted octanol–water partition coefficient (Wildman–Crippen LogP) is 4.57. The first-order valence-electron chi connectivity index (χ1n) is 10.2. The molecule has 33 heavy (non-hydrogen) atoms. The number of aromatic nitrogens is 2. The van der Waals surface area contributed by atoms with Gasteiger partial charge in [-0.3, -0.25) is 14.2 Å². The van der Waals surface area contributed by atoms with Crippen molar-refractivity contribution in [1.82, 2.24) is 9.55 Å². The van der Waals surface area contributed by atoms with Crippen LogP contribution in [0.15, 0.2) is 69.9 Å². The van der Waals surface area contributed by atoms with Crippen LogP contribution in [0.2, 0.25) is 0 Å². The molecule has 168 valence electrons.